The molecular weight excluding hydrogens is 292 g/mol. The number of nitro benzene ring substituents is 2. The molecule has 0 aromatic heterocycles. The second-order valence-electron chi connectivity index (χ2n) is 3.63. The van der Waals surface area contributed by atoms with Crippen LogP contribution in [0.2, 0.25) is 0 Å². The Labute approximate surface area is 115 Å². The smallest absolute Gasteiger partial charge is 0.338 e. The second kappa shape index (κ2) is 5.77. The number of nitrogens with zero attached hydrogens (tertiary/aromatic N) is 4. The van der Waals surface area contributed by atoms with E-state index in [4.69, 9.17) is 0 Å². The number of carbonyl (C=O) groups is 1. The Morgan fingerprint density at radius 3 is 1.81 bits per heavy atom. The van der Waals surface area contributed by atoms with Gasteiger partial charge < -0.3 is 4.74 Å². The Balaban J connectivity index is 3.75. The summed E-state index contributed by atoms with van der Waals surface area (Å²) in [4.78, 5) is 41.9. The van der Waals surface area contributed by atoms with E-state index >= 15 is 0 Å². The third-order valence-electron chi connectivity index (χ3n) is 2.45. The fraction of sp³-hybridized carbons (Fsp3) is 0.222. The third-order valence-corrected chi connectivity index (χ3v) is 2.45. The van der Waals surface area contributed by atoms with Crippen molar-refractivity contribution in [2.75, 3.05) is 19.2 Å². The first-order valence-electron chi connectivity index (χ1n) is 5.13. The van der Waals surface area contributed by atoms with E-state index in [0.29, 0.717) is 12.1 Å². The Kier molecular flexibility index (Phi) is 4.32. The van der Waals surface area contributed by atoms with E-state index in [-0.39, 0.29) is 5.01 Å². The number of methoxy groups -OCH3 is 1. The SMILES string of the molecule is COC(=O)c1cc([N+](=O)[O-])c(N(C)[N+](=O)[O-])c([N+](=O)[O-])c1. The van der Waals surface area contributed by atoms with Gasteiger partial charge >= 0.3 is 17.3 Å². The van der Waals surface area contributed by atoms with Gasteiger partial charge in [0.2, 0.25) is 0 Å². The van der Waals surface area contributed by atoms with Crippen LogP contribution < -0.4 is 5.01 Å². The normalized spacial score (nSPS) is 9.81. The molecular formula is C9H8N4O8. The lowest BCUT2D eigenvalue weighted by molar-refractivity contribution is -0.493. The molecule has 112 valence electrons. The Morgan fingerprint density at radius 2 is 1.52 bits per heavy atom. The van der Waals surface area contributed by atoms with Crippen molar-refractivity contribution in [2.24, 2.45) is 0 Å². The van der Waals surface area contributed by atoms with Crippen LogP contribution in [0.1, 0.15) is 10.4 Å². The van der Waals surface area contributed by atoms with Crippen LogP contribution in [0.25, 0.3) is 0 Å². The minimum Gasteiger partial charge on any atom is -0.465 e. The fourth-order valence-electron chi connectivity index (χ4n) is 1.53. The van der Waals surface area contributed by atoms with Gasteiger partial charge in [0.25, 0.3) is 5.69 Å². The zero-order valence-electron chi connectivity index (χ0n) is 10.7. The number of hydrogen-bond donors (Lipinski definition) is 0. The summed E-state index contributed by atoms with van der Waals surface area (Å²) < 4.78 is 4.32. The monoisotopic (exact) mass is 300 g/mol. The summed E-state index contributed by atoms with van der Waals surface area (Å²) in [6.45, 7) is 0. The van der Waals surface area contributed by atoms with Crippen LogP contribution in [0.15, 0.2) is 12.1 Å². The van der Waals surface area contributed by atoms with Gasteiger partial charge in [0.15, 0.2) is 5.03 Å². The minimum absolute atomic E-state index is 0.136. The maximum atomic E-state index is 11.4. The van der Waals surface area contributed by atoms with Gasteiger partial charge in [0.05, 0.1) is 29.6 Å². The van der Waals surface area contributed by atoms with Crippen molar-refractivity contribution >= 4 is 23.0 Å². The van der Waals surface area contributed by atoms with Gasteiger partial charge in [0, 0.05) is 12.1 Å². The summed E-state index contributed by atoms with van der Waals surface area (Å²) in [5.41, 5.74) is -3.22. The maximum Gasteiger partial charge on any atom is 0.338 e. The highest BCUT2D eigenvalue weighted by Gasteiger charge is 2.35. The number of anilines is 1. The fourth-order valence-corrected chi connectivity index (χ4v) is 1.53. The topological polar surface area (TPSA) is 159 Å². The van der Waals surface area contributed by atoms with Crippen molar-refractivity contribution in [3.63, 3.8) is 0 Å². The highest BCUT2D eigenvalue weighted by atomic mass is 16.7. The number of hydrazine groups is 1. The predicted molar refractivity (Wildman–Crippen MR) is 66.5 cm³/mol. The van der Waals surface area contributed by atoms with Crippen molar-refractivity contribution < 1.29 is 24.4 Å². The number of benzene rings is 1. The summed E-state index contributed by atoms with van der Waals surface area (Å²) in [5, 5.41) is 31.7. The summed E-state index contributed by atoms with van der Waals surface area (Å²) in [5.74, 6) is -1.04. The zero-order chi connectivity index (χ0) is 16.3. The average Bonchev–Trinajstić information content (AvgIpc) is 2.43. The van der Waals surface area contributed by atoms with Crippen LogP contribution in [0.5, 0.6) is 0 Å². The van der Waals surface area contributed by atoms with Crippen molar-refractivity contribution in [2.45, 2.75) is 0 Å². The molecule has 0 aliphatic carbocycles. The molecule has 0 fully saturated rings. The van der Waals surface area contributed by atoms with Gasteiger partial charge in [-0.25, -0.2) is 14.9 Å². The number of esters is 1. The summed E-state index contributed by atoms with van der Waals surface area (Å²) in [6, 6.07) is 1.35. The summed E-state index contributed by atoms with van der Waals surface area (Å²) in [6.07, 6.45) is 0. The molecule has 1 aromatic rings. The predicted octanol–water partition coefficient (Wildman–Crippen LogP) is 0.917. The number of carbonyl (C=O) groups excluding carboxylic acids is 1. The van der Waals surface area contributed by atoms with Crippen LogP contribution in [0.4, 0.5) is 17.1 Å². The van der Waals surface area contributed by atoms with Crippen molar-refractivity contribution in [1.29, 1.82) is 0 Å². The second-order valence-corrected chi connectivity index (χ2v) is 3.63. The van der Waals surface area contributed by atoms with Gasteiger partial charge in [-0.2, -0.15) is 0 Å². The third kappa shape index (κ3) is 2.99. The molecule has 0 bridgehead atoms. The van der Waals surface area contributed by atoms with Gasteiger partial charge in [-0.15, -0.1) is 0 Å². The quantitative estimate of drug-likeness (QED) is 0.437. The first-order chi connectivity index (χ1) is 9.70. The molecule has 0 atom stereocenters. The Morgan fingerprint density at radius 1 is 1.10 bits per heavy atom. The molecule has 1 aromatic carbocycles. The summed E-state index contributed by atoms with van der Waals surface area (Å²) >= 11 is 0. The molecule has 0 spiro atoms. The minimum atomic E-state index is -1.06. The Bertz CT molecular complexity index is 608. The first kappa shape index (κ1) is 15.7. The number of ether oxygens (including phenoxy) is 1. The van der Waals surface area contributed by atoms with E-state index in [1.165, 1.54) is 0 Å². The number of hydrogen-bond acceptors (Lipinski definition) is 8. The molecule has 0 saturated carbocycles. The van der Waals surface area contributed by atoms with E-state index in [2.05, 4.69) is 4.74 Å². The van der Waals surface area contributed by atoms with Crippen molar-refractivity contribution in [1.82, 2.24) is 0 Å². The van der Waals surface area contributed by atoms with Crippen LogP contribution in [-0.4, -0.2) is 35.0 Å². The molecule has 0 aliphatic heterocycles. The Hall–Kier alpha value is -3.31. The molecule has 21 heavy (non-hydrogen) atoms. The van der Waals surface area contributed by atoms with E-state index in [1.807, 2.05) is 0 Å². The molecule has 1 rings (SSSR count). The molecule has 0 amide bonds. The molecule has 0 N–H and O–H groups in total. The maximum absolute atomic E-state index is 11.4. The van der Waals surface area contributed by atoms with Gasteiger partial charge in [-0.05, 0) is 0 Å². The van der Waals surface area contributed by atoms with Crippen LogP contribution >= 0.6 is 0 Å². The highest BCUT2D eigenvalue weighted by molar-refractivity contribution is 5.93. The van der Waals surface area contributed by atoms with Gasteiger partial charge in [-0.1, -0.05) is 5.01 Å². The van der Waals surface area contributed by atoms with Crippen LogP contribution in [0, 0.1) is 30.3 Å². The molecule has 0 saturated heterocycles. The standard InChI is InChI=1S/C9H8N4O8/c1-10(13(19)20)8-6(11(15)16)3-5(9(14)21-2)4-7(8)12(17)18/h3-4H,1-2H3. The average molecular weight is 300 g/mol. The number of rotatable bonds is 5. The zero-order valence-corrected chi connectivity index (χ0v) is 10.7. The molecule has 12 nitrogen and oxygen atoms in total. The van der Waals surface area contributed by atoms with Crippen molar-refractivity contribution in [3.05, 3.63) is 48.0 Å². The lowest BCUT2D eigenvalue weighted by atomic mass is 10.1. The molecule has 0 heterocycles. The largest absolute Gasteiger partial charge is 0.465 e. The summed E-state index contributed by atoms with van der Waals surface area (Å²) in [7, 11) is 1.80. The van der Waals surface area contributed by atoms with Gasteiger partial charge in [0.1, 0.15) is 0 Å². The highest BCUT2D eigenvalue weighted by Crippen LogP contribution is 2.38. The van der Waals surface area contributed by atoms with Crippen molar-refractivity contribution in [3.8, 4) is 0 Å². The lowest BCUT2D eigenvalue weighted by Crippen LogP contribution is -2.26. The van der Waals surface area contributed by atoms with E-state index < -0.39 is 43.5 Å². The molecule has 12 heteroatoms. The first-order valence-corrected chi connectivity index (χ1v) is 5.13. The molecule has 0 unspecified atom stereocenters. The van der Waals surface area contributed by atoms with E-state index in [0.717, 1.165) is 14.2 Å². The molecule has 0 aliphatic rings. The van der Waals surface area contributed by atoms with E-state index in [1.54, 1.807) is 0 Å². The van der Waals surface area contributed by atoms with Crippen LogP contribution in [-0.2, 0) is 4.74 Å². The number of nitro groups is 3. The van der Waals surface area contributed by atoms with E-state index in [9.17, 15) is 35.1 Å². The van der Waals surface area contributed by atoms with Crippen LogP contribution in [0.3, 0.4) is 0 Å². The van der Waals surface area contributed by atoms with Gasteiger partial charge in [-0.3, -0.25) is 20.2 Å². The molecule has 0 radical (unpaired) electrons. The lowest BCUT2D eigenvalue weighted by Gasteiger charge is -2.10.